The summed E-state index contributed by atoms with van der Waals surface area (Å²) in [5.41, 5.74) is 1.09. The van der Waals surface area contributed by atoms with Gasteiger partial charge in [-0.25, -0.2) is 0 Å². The number of hydrogen-bond donors (Lipinski definition) is 1. The molecule has 148 valence electrons. The number of nitrogens with one attached hydrogen (secondary N) is 1. The van der Waals surface area contributed by atoms with E-state index < -0.39 is 0 Å². The first-order valence-electron chi connectivity index (χ1n) is 9.29. The number of likely N-dealkylation sites (tertiary alicyclic amines) is 1. The molecule has 0 bridgehead atoms. The molecule has 28 heavy (non-hydrogen) atoms. The Morgan fingerprint density at radius 3 is 2.50 bits per heavy atom. The maximum atomic E-state index is 12.9. The fourth-order valence-corrected chi connectivity index (χ4v) is 3.87. The predicted octanol–water partition coefficient (Wildman–Crippen LogP) is 3.52. The Labute approximate surface area is 171 Å². The van der Waals surface area contributed by atoms with Gasteiger partial charge < -0.3 is 24.1 Å². The molecule has 2 aliphatic heterocycles. The molecule has 2 fully saturated rings. The Morgan fingerprint density at radius 2 is 1.82 bits per heavy atom. The molecule has 0 spiro atoms. The quantitative estimate of drug-likeness (QED) is 0.773. The van der Waals surface area contributed by atoms with Gasteiger partial charge in [0.05, 0.1) is 13.2 Å². The van der Waals surface area contributed by atoms with E-state index in [0.29, 0.717) is 48.1 Å². The van der Waals surface area contributed by atoms with Crippen LogP contribution in [-0.2, 0) is 9.47 Å². The van der Waals surface area contributed by atoms with E-state index in [9.17, 15) is 9.59 Å². The Balaban J connectivity index is 1.37. The summed E-state index contributed by atoms with van der Waals surface area (Å²) in [5, 5.41) is 2.76. The number of nitrogens with zero attached hydrogens (tertiary/aromatic N) is 1. The predicted molar refractivity (Wildman–Crippen MR) is 105 cm³/mol. The van der Waals surface area contributed by atoms with Crippen LogP contribution >= 0.6 is 15.9 Å². The van der Waals surface area contributed by atoms with Crippen molar-refractivity contribution >= 4 is 33.4 Å². The number of piperidine rings is 1. The molecule has 0 saturated carbocycles. The molecule has 2 aromatic rings. The van der Waals surface area contributed by atoms with Crippen LogP contribution in [0.25, 0.3) is 0 Å². The number of hydrogen-bond acceptors (Lipinski definition) is 5. The molecule has 0 radical (unpaired) electrons. The lowest BCUT2D eigenvalue weighted by molar-refractivity contribution is -0.0956. The molecule has 2 aliphatic rings. The molecule has 2 saturated heterocycles. The van der Waals surface area contributed by atoms with E-state index in [1.54, 1.807) is 36.4 Å². The molecule has 4 rings (SSSR count). The minimum atomic E-state index is -0.368. The van der Waals surface area contributed by atoms with Crippen LogP contribution in [0, 0.1) is 5.92 Å². The van der Waals surface area contributed by atoms with E-state index in [-0.39, 0.29) is 23.9 Å². The molecule has 1 N–H and O–H groups in total. The van der Waals surface area contributed by atoms with Gasteiger partial charge in [-0.2, -0.15) is 0 Å². The first kappa shape index (κ1) is 19.2. The van der Waals surface area contributed by atoms with Gasteiger partial charge in [0.25, 0.3) is 11.8 Å². The summed E-state index contributed by atoms with van der Waals surface area (Å²) in [6.07, 6.45) is 1.60. The van der Waals surface area contributed by atoms with Gasteiger partial charge in [-0.05, 0) is 59.1 Å². The van der Waals surface area contributed by atoms with E-state index >= 15 is 0 Å². The zero-order chi connectivity index (χ0) is 19.5. The van der Waals surface area contributed by atoms with Crippen LogP contribution in [0.4, 0.5) is 5.69 Å². The van der Waals surface area contributed by atoms with Gasteiger partial charge in [0.1, 0.15) is 0 Å². The van der Waals surface area contributed by atoms with Crippen LogP contribution < -0.4 is 5.32 Å². The van der Waals surface area contributed by atoms with Crippen molar-refractivity contribution in [3.8, 4) is 0 Å². The number of benzene rings is 1. The Kier molecular flexibility index (Phi) is 5.79. The fourth-order valence-electron chi connectivity index (χ4n) is 3.57. The van der Waals surface area contributed by atoms with Crippen molar-refractivity contribution in [3.05, 3.63) is 52.4 Å². The van der Waals surface area contributed by atoms with Crippen molar-refractivity contribution in [2.45, 2.75) is 19.1 Å². The molecule has 1 aromatic carbocycles. The van der Waals surface area contributed by atoms with Crippen molar-refractivity contribution in [3.63, 3.8) is 0 Å². The highest BCUT2D eigenvalue weighted by Crippen LogP contribution is 2.27. The number of anilines is 1. The van der Waals surface area contributed by atoms with Gasteiger partial charge in [-0.15, -0.1) is 0 Å². The van der Waals surface area contributed by atoms with Gasteiger partial charge in [-0.1, -0.05) is 6.07 Å². The fraction of sp³-hybridized carbons (Fsp3) is 0.400. The van der Waals surface area contributed by atoms with Crippen LogP contribution in [0.15, 0.2) is 45.5 Å². The number of furan rings is 1. The van der Waals surface area contributed by atoms with Crippen LogP contribution in [0.3, 0.4) is 0 Å². The van der Waals surface area contributed by atoms with E-state index in [2.05, 4.69) is 21.2 Å². The second-order valence-electron chi connectivity index (χ2n) is 6.88. The standard InChI is InChI=1S/C20H21BrN2O5/c21-17-5-4-16(28-17)18(24)22-15-3-1-2-14(12-15)19(25)23-8-6-13(7-9-23)20-26-10-11-27-20/h1-5,12-13,20H,6-11H2,(H,22,24). The minimum absolute atomic E-state index is 0.0384. The van der Waals surface area contributed by atoms with Crippen molar-refractivity contribution in [1.82, 2.24) is 4.90 Å². The number of ether oxygens (including phenoxy) is 2. The monoisotopic (exact) mass is 448 g/mol. The summed E-state index contributed by atoms with van der Waals surface area (Å²) in [6.45, 7) is 2.64. The Hall–Kier alpha value is -2.16. The van der Waals surface area contributed by atoms with Crippen LogP contribution in [0.2, 0.25) is 0 Å². The van der Waals surface area contributed by atoms with Crippen molar-refractivity contribution in [1.29, 1.82) is 0 Å². The van der Waals surface area contributed by atoms with Gasteiger partial charge >= 0.3 is 0 Å². The molecular weight excluding hydrogens is 428 g/mol. The lowest BCUT2D eigenvalue weighted by Crippen LogP contribution is -2.41. The average Bonchev–Trinajstić information content (AvgIpc) is 3.40. The molecular formula is C20H21BrN2O5. The number of rotatable bonds is 4. The van der Waals surface area contributed by atoms with Gasteiger partial charge in [0.15, 0.2) is 16.7 Å². The van der Waals surface area contributed by atoms with Crippen LogP contribution in [0.5, 0.6) is 0 Å². The smallest absolute Gasteiger partial charge is 0.291 e. The van der Waals surface area contributed by atoms with E-state index in [1.165, 1.54) is 0 Å². The van der Waals surface area contributed by atoms with Crippen LogP contribution in [0.1, 0.15) is 33.8 Å². The SMILES string of the molecule is O=C(Nc1cccc(C(=O)N2CCC(C3OCCO3)CC2)c1)c1ccc(Br)o1. The van der Waals surface area contributed by atoms with Gasteiger partial charge in [0.2, 0.25) is 0 Å². The van der Waals surface area contributed by atoms with Crippen LogP contribution in [-0.4, -0.2) is 49.3 Å². The molecule has 3 heterocycles. The van der Waals surface area contributed by atoms with Gasteiger partial charge in [-0.3, -0.25) is 9.59 Å². The minimum Gasteiger partial charge on any atom is -0.444 e. The summed E-state index contributed by atoms with van der Waals surface area (Å²) >= 11 is 3.17. The van der Waals surface area contributed by atoms with E-state index in [4.69, 9.17) is 13.9 Å². The summed E-state index contributed by atoms with van der Waals surface area (Å²) < 4.78 is 16.9. The van der Waals surface area contributed by atoms with E-state index in [0.717, 1.165) is 12.8 Å². The molecule has 1 aromatic heterocycles. The number of carbonyl (C=O) groups is 2. The molecule has 7 nitrogen and oxygen atoms in total. The first-order valence-corrected chi connectivity index (χ1v) is 10.1. The van der Waals surface area contributed by atoms with Crippen molar-refractivity contribution in [2.75, 3.05) is 31.6 Å². The maximum absolute atomic E-state index is 12.9. The normalized spacial score (nSPS) is 18.4. The third kappa shape index (κ3) is 4.29. The Bertz CT molecular complexity index is 854. The first-order chi connectivity index (χ1) is 13.6. The molecule has 8 heteroatoms. The topological polar surface area (TPSA) is 81.0 Å². The third-order valence-electron chi connectivity index (χ3n) is 5.02. The molecule has 0 atom stereocenters. The molecule has 2 amide bonds. The summed E-state index contributed by atoms with van der Waals surface area (Å²) in [4.78, 5) is 26.9. The van der Waals surface area contributed by atoms with Crippen molar-refractivity contribution < 1.29 is 23.5 Å². The number of carbonyl (C=O) groups excluding carboxylic acids is 2. The summed E-state index contributed by atoms with van der Waals surface area (Å²) in [7, 11) is 0. The Morgan fingerprint density at radius 1 is 1.07 bits per heavy atom. The summed E-state index contributed by atoms with van der Waals surface area (Å²) in [6, 6.07) is 10.2. The lowest BCUT2D eigenvalue weighted by Gasteiger charge is -2.34. The second-order valence-corrected chi connectivity index (χ2v) is 7.66. The second kappa shape index (κ2) is 8.46. The third-order valence-corrected chi connectivity index (χ3v) is 5.45. The zero-order valence-electron chi connectivity index (χ0n) is 15.2. The van der Waals surface area contributed by atoms with E-state index in [1.807, 2.05) is 4.90 Å². The number of amides is 2. The molecule has 0 unspecified atom stereocenters. The largest absolute Gasteiger partial charge is 0.444 e. The highest BCUT2D eigenvalue weighted by atomic mass is 79.9. The molecule has 0 aliphatic carbocycles. The van der Waals surface area contributed by atoms with Crippen molar-refractivity contribution in [2.24, 2.45) is 5.92 Å². The highest BCUT2D eigenvalue weighted by molar-refractivity contribution is 9.10. The summed E-state index contributed by atoms with van der Waals surface area (Å²) in [5.74, 6) is 0.128. The zero-order valence-corrected chi connectivity index (χ0v) is 16.8. The van der Waals surface area contributed by atoms with Gasteiger partial charge in [0, 0.05) is 30.3 Å². The number of halogens is 1. The maximum Gasteiger partial charge on any atom is 0.291 e. The average molecular weight is 449 g/mol. The highest BCUT2D eigenvalue weighted by Gasteiger charge is 2.32. The lowest BCUT2D eigenvalue weighted by atomic mass is 9.95.